The van der Waals surface area contributed by atoms with Crippen LogP contribution in [-0.4, -0.2) is 0 Å². The van der Waals surface area contributed by atoms with E-state index in [9.17, 15) is 0 Å². The van der Waals surface area contributed by atoms with Crippen molar-refractivity contribution in [2.24, 2.45) is 5.92 Å². The topological polar surface area (TPSA) is 23.8 Å². The summed E-state index contributed by atoms with van der Waals surface area (Å²) in [7, 11) is 0. The summed E-state index contributed by atoms with van der Waals surface area (Å²) in [5.41, 5.74) is 10.2. The molecule has 5 rings (SSSR count). The van der Waals surface area contributed by atoms with Gasteiger partial charge in [-0.25, -0.2) is 0 Å². The normalized spacial score (nSPS) is 16.5. The molecule has 0 aromatic heterocycles. The molecule has 0 radical (unpaired) electrons. The van der Waals surface area contributed by atoms with Crippen LogP contribution in [0.25, 0.3) is 12.2 Å². The predicted molar refractivity (Wildman–Crippen MR) is 145 cm³/mol. The number of hydrogen-bond donors (Lipinski definition) is 0. The van der Waals surface area contributed by atoms with Gasteiger partial charge in [-0.1, -0.05) is 105 Å². The molecule has 3 aliphatic carbocycles. The van der Waals surface area contributed by atoms with Crippen LogP contribution in [-0.2, 0) is 6.42 Å². The molecule has 0 amide bonds. The van der Waals surface area contributed by atoms with Crippen LogP contribution in [0.3, 0.4) is 0 Å². The Labute approximate surface area is 202 Å². The average Bonchev–Trinajstić information content (AvgIpc) is 3.57. The summed E-state index contributed by atoms with van der Waals surface area (Å²) >= 11 is 0. The Morgan fingerprint density at radius 2 is 1.82 bits per heavy atom. The molecule has 172 valence electrons. The molecule has 0 spiro atoms. The zero-order valence-electron chi connectivity index (χ0n) is 19.4. The molecule has 0 unspecified atom stereocenters. The molecule has 0 aliphatic heterocycles. The fourth-order valence-corrected chi connectivity index (χ4v) is 5.05. The highest BCUT2D eigenvalue weighted by atomic mass is 14.2. The zero-order chi connectivity index (χ0) is 22.3. The summed E-state index contributed by atoms with van der Waals surface area (Å²) in [5.74, 6) is 0.928. The van der Waals surface area contributed by atoms with E-state index >= 15 is 0 Å². The van der Waals surface area contributed by atoms with Gasteiger partial charge in [0.15, 0.2) is 0 Å². The minimum absolute atomic E-state index is 0. The maximum absolute atomic E-state index is 9.10. The summed E-state index contributed by atoms with van der Waals surface area (Å²) < 4.78 is 0. The molecule has 0 atom stereocenters. The highest BCUT2D eigenvalue weighted by Gasteiger charge is 2.17. The van der Waals surface area contributed by atoms with E-state index in [-0.39, 0.29) is 8.85 Å². The molecule has 0 bridgehead atoms. The summed E-state index contributed by atoms with van der Waals surface area (Å²) in [4.78, 5) is 0. The predicted octanol–water partition coefficient (Wildman–Crippen LogP) is 9.16. The number of aryl methyl sites for hydroxylation is 1. The van der Waals surface area contributed by atoms with Crippen LogP contribution in [0.15, 0.2) is 71.8 Å². The van der Waals surface area contributed by atoms with Crippen molar-refractivity contribution in [3.05, 3.63) is 105 Å². The first-order valence-electron chi connectivity index (χ1n) is 12.0. The van der Waals surface area contributed by atoms with Crippen LogP contribution in [0.4, 0.5) is 0 Å². The van der Waals surface area contributed by atoms with Crippen molar-refractivity contribution in [1.29, 1.82) is 5.26 Å². The summed E-state index contributed by atoms with van der Waals surface area (Å²) in [6.45, 7) is 4.18. The van der Waals surface area contributed by atoms with Gasteiger partial charge in [0.2, 0.25) is 0 Å². The number of benzene rings is 2. The van der Waals surface area contributed by atoms with Gasteiger partial charge in [0.05, 0.1) is 11.6 Å². The lowest BCUT2D eigenvalue weighted by atomic mass is 9.97. The van der Waals surface area contributed by atoms with Crippen molar-refractivity contribution < 1.29 is 1.43 Å². The Balaban J connectivity index is 0.000000287. The van der Waals surface area contributed by atoms with E-state index < -0.39 is 0 Å². The molecule has 0 N–H and O–H groups in total. The molecule has 2 aromatic rings. The largest absolute Gasteiger partial charge is 0.192 e. The first-order chi connectivity index (χ1) is 15.6. The van der Waals surface area contributed by atoms with Gasteiger partial charge in [-0.05, 0) is 78.5 Å². The number of nitriles is 1. The molecule has 1 heteroatoms. The Morgan fingerprint density at radius 3 is 2.58 bits per heavy atom. The van der Waals surface area contributed by atoms with Crippen molar-refractivity contribution >= 4 is 12.2 Å². The minimum atomic E-state index is 0. The van der Waals surface area contributed by atoms with E-state index in [1.165, 1.54) is 54.4 Å². The maximum Gasteiger partial charge on any atom is 0.0994 e. The van der Waals surface area contributed by atoms with E-state index in [2.05, 4.69) is 73.7 Å². The van der Waals surface area contributed by atoms with Gasteiger partial charge in [0.1, 0.15) is 0 Å². The Bertz CT molecular complexity index is 1130. The highest BCUT2D eigenvalue weighted by Crippen LogP contribution is 2.33. The molecular formula is C32H39N. The van der Waals surface area contributed by atoms with Crippen LogP contribution in [0, 0.1) is 31.1 Å². The second kappa shape index (κ2) is 11.7. The van der Waals surface area contributed by atoms with Gasteiger partial charge in [-0.2, -0.15) is 5.26 Å². The second-order valence-corrected chi connectivity index (χ2v) is 9.28. The monoisotopic (exact) mass is 437 g/mol. The van der Waals surface area contributed by atoms with E-state index in [0.29, 0.717) is 0 Å². The third kappa shape index (κ3) is 6.23. The van der Waals surface area contributed by atoms with Crippen molar-refractivity contribution in [1.82, 2.24) is 0 Å². The Kier molecular flexibility index (Phi) is 8.67. The Hall–Kier alpha value is -3.11. The summed E-state index contributed by atoms with van der Waals surface area (Å²) in [6.07, 6.45) is 22.7. The van der Waals surface area contributed by atoms with Crippen LogP contribution >= 0.6 is 0 Å². The lowest BCUT2D eigenvalue weighted by molar-refractivity contribution is 0.540. The smallest absolute Gasteiger partial charge is 0.0994 e. The van der Waals surface area contributed by atoms with Gasteiger partial charge in [0, 0.05) is 1.43 Å². The van der Waals surface area contributed by atoms with Crippen LogP contribution in [0.5, 0.6) is 0 Å². The lowest BCUT2D eigenvalue weighted by Gasteiger charge is -2.08. The van der Waals surface area contributed by atoms with Gasteiger partial charge in [-0.15, -0.1) is 0 Å². The molecule has 1 fully saturated rings. The number of rotatable bonds is 4. The third-order valence-electron chi connectivity index (χ3n) is 6.98. The quantitative estimate of drug-likeness (QED) is 0.467. The molecular weight excluding hydrogens is 398 g/mol. The van der Waals surface area contributed by atoms with Gasteiger partial charge in [-0.3, -0.25) is 0 Å². The second-order valence-electron chi connectivity index (χ2n) is 9.28. The van der Waals surface area contributed by atoms with E-state index in [1.54, 1.807) is 5.57 Å². The van der Waals surface area contributed by atoms with Gasteiger partial charge in [0.25, 0.3) is 0 Å². The van der Waals surface area contributed by atoms with Crippen LogP contribution in [0.2, 0.25) is 0 Å². The first-order valence-corrected chi connectivity index (χ1v) is 12.0. The van der Waals surface area contributed by atoms with Crippen molar-refractivity contribution in [2.75, 3.05) is 0 Å². The van der Waals surface area contributed by atoms with E-state index in [4.69, 9.17) is 5.26 Å². The third-order valence-corrected chi connectivity index (χ3v) is 6.98. The zero-order valence-corrected chi connectivity index (χ0v) is 19.4. The number of nitrogens with zero attached hydrogens (tertiary/aromatic N) is 1. The van der Waals surface area contributed by atoms with Crippen LogP contribution in [0.1, 0.15) is 80.8 Å². The molecule has 3 aliphatic rings. The van der Waals surface area contributed by atoms with Crippen molar-refractivity contribution in [2.45, 2.75) is 66.2 Å². The number of allylic oxidation sites excluding steroid dienone is 6. The van der Waals surface area contributed by atoms with Gasteiger partial charge >= 0.3 is 0 Å². The summed E-state index contributed by atoms with van der Waals surface area (Å²) in [6, 6.07) is 14.6. The van der Waals surface area contributed by atoms with Gasteiger partial charge < -0.3 is 0 Å². The molecule has 0 heterocycles. The van der Waals surface area contributed by atoms with Crippen LogP contribution < -0.4 is 0 Å². The van der Waals surface area contributed by atoms with E-state index in [1.807, 2.05) is 19.1 Å². The fraction of sp³-hybridized carbons (Fsp3) is 0.344. The SMILES string of the molecule is C.Cc1c(C#N)cccc1/C=C/C1=CCC(CC2CCCC2)=C1.Cc1cccc2c1C=CC2.[HH]. The van der Waals surface area contributed by atoms with E-state index in [0.717, 1.165) is 35.4 Å². The fourth-order valence-electron chi connectivity index (χ4n) is 5.05. The molecule has 2 aromatic carbocycles. The number of fused-ring (bicyclic) bond motifs is 1. The maximum atomic E-state index is 9.10. The first kappa shape index (κ1) is 24.5. The van der Waals surface area contributed by atoms with Crippen molar-refractivity contribution in [3.8, 4) is 6.07 Å². The molecule has 33 heavy (non-hydrogen) atoms. The molecule has 1 saturated carbocycles. The Morgan fingerprint density at radius 1 is 1.03 bits per heavy atom. The molecule has 1 nitrogen and oxygen atoms in total. The standard InChI is InChI=1S/C21H23N.C10H10.CH4.H2/c1-16-20(7-4-8-21(16)15-22)12-11-18-9-10-19(14-18)13-17-5-2-3-6-17;1-8-4-2-5-9-6-3-7-10(8)9;;/h4,7-9,11-12,14,17H,2-3,5-6,10,13H2,1H3;2-5,7H,6H2,1H3;1H4;1H/b12-11+;;;. The number of hydrogen-bond acceptors (Lipinski definition) is 1. The summed E-state index contributed by atoms with van der Waals surface area (Å²) in [5, 5.41) is 9.10. The minimum Gasteiger partial charge on any atom is -0.192 e. The highest BCUT2D eigenvalue weighted by molar-refractivity contribution is 5.63. The molecule has 0 saturated heterocycles. The lowest BCUT2D eigenvalue weighted by Crippen LogP contribution is -1.94. The van der Waals surface area contributed by atoms with Crippen molar-refractivity contribution in [3.63, 3.8) is 0 Å². The average molecular weight is 438 g/mol.